The Kier molecular flexibility index (Phi) is 6.34. The van der Waals surface area contributed by atoms with Crippen LogP contribution in [0, 0.1) is 0 Å². The maximum absolute atomic E-state index is 13.6. The Morgan fingerprint density at radius 1 is 1.00 bits per heavy atom. The maximum Gasteiger partial charge on any atom is 0.328 e. The molecule has 3 aliphatic heterocycles. The predicted octanol–water partition coefficient (Wildman–Crippen LogP) is 2.43. The molecule has 2 aromatic rings. The van der Waals surface area contributed by atoms with Crippen molar-refractivity contribution in [3.8, 4) is 11.5 Å². The van der Waals surface area contributed by atoms with Gasteiger partial charge in [-0.25, -0.2) is 4.79 Å². The van der Waals surface area contributed by atoms with Crippen LogP contribution in [-0.2, 0) is 27.3 Å². The lowest BCUT2D eigenvalue weighted by Crippen LogP contribution is -2.56. The van der Waals surface area contributed by atoms with Gasteiger partial charge in [-0.2, -0.15) is 0 Å². The van der Waals surface area contributed by atoms with Crippen LogP contribution in [0.4, 0.5) is 4.79 Å². The fraction of sp³-hybridized carbons (Fsp3) is 0.423. The van der Waals surface area contributed by atoms with Crippen LogP contribution in [0.2, 0.25) is 0 Å². The van der Waals surface area contributed by atoms with Crippen LogP contribution in [0.1, 0.15) is 24.0 Å². The van der Waals surface area contributed by atoms with Gasteiger partial charge in [0.15, 0.2) is 11.5 Å². The number of nitrogens with zero attached hydrogens (tertiary/aromatic N) is 3. The van der Waals surface area contributed by atoms with Gasteiger partial charge < -0.3 is 19.1 Å². The molecule has 3 amide bonds. The first-order valence-electron chi connectivity index (χ1n) is 11.9. The number of esters is 1. The molecule has 0 bridgehead atoms. The lowest BCUT2D eigenvalue weighted by molar-refractivity contribution is -0.146. The third-order valence-electron chi connectivity index (χ3n) is 7.13. The second-order valence-corrected chi connectivity index (χ2v) is 9.13. The number of ether oxygens (including phenoxy) is 3. The molecule has 1 spiro atoms. The number of benzene rings is 2. The second kappa shape index (κ2) is 9.58. The number of hydrogen-bond donors (Lipinski definition) is 0. The number of amides is 3. The van der Waals surface area contributed by atoms with Crippen molar-refractivity contribution in [2.24, 2.45) is 0 Å². The number of carbonyl (C=O) groups is 3. The summed E-state index contributed by atoms with van der Waals surface area (Å²) in [5.74, 6) is 0.593. The Balaban J connectivity index is 1.31. The molecule has 9 nitrogen and oxygen atoms in total. The molecule has 2 aromatic carbocycles. The third kappa shape index (κ3) is 4.43. The first-order chi connectivity index (χ1) is 17.0. The summed E-state index contributed by atoms with van der Waals surface area (Å²) in [5.41, 5.74) is 1.26. The maximum atomic E-state index is 13.6. The molecule has 9 heteroatoms. The fourth-order valence-corrected chi connectivity index (χ4v) is 5.17. The number of methoxy groups -OCH3 is 1. The van der Waals surface area contributed by atoms with Crippen molar-refractivity contribution in [1.29, 1.82) is 0 Å². The van der Waals surface area contributed by atoms with E-state index in [4.69, 9.17) is 14.2 Å². The summed E-state index contributed by atoms with van der Waals surface area (Å²) in [5, 5.41) is 0. The predicted molar refractivity (Wildman–Crippen MR) is 126 cm³/mol. The van der Waals surface area contributed by atoms with Crippen LogP contribution in [0.15, 0.2) is 48.5 Å². The van der Waals surface area contributed by atoms with Crippen LogP contribution < -0.4 is 9.47 Å². The van der Waals surface area contributed by atoms with Gasteiger partial charge in [0.05, 0.1) is 7.11 Å². The SMILES string of the molecule is COC(=O)CN1C(=O)N(CCc2ccccc2)C2(CCN(Cc3ccc4c(c3)OCO4)CC2)C1=O. The molecule has 2 fully saturated rings. The topological polar surface area (TPSA) is 88.6 Å². The zero-order chi connectivity index (χ0) is 24.4. The molecule has 2 saturated heterocycles. The summed E-state index contributed by atoms with van der Waals surface area (Å²) in [4.78, 5) is 43.9. The number of likely N-dealkylation sites (tertiary alicyclic amines) is 1. The van der Waals surface area contributed by atoms with Crippen LogP contribution in [0.25, 0.3) is 0 Å². The molecule has 184 valence electrons. The first kappa shape index (κ1) is 23.2. The molecule has 0 aliphatic carbocycles. The van der Waals surface area contributed by atoms with Crippen molar-refractivity contribution in [1.82, 2.24) is 14.7 Å². The summed E-state index contributed by atoms with van der Waals surface area (Å²) < 4.78 is 15.6. The lowest BCUT2D eigenvalue weighted by atomic mass is 9.85. The molecule has 0 aromatic heterocycles. The Morgan fingerprint density at radius 2 is 1.74 bits per heavy atom. The number of hydrogen-bond acceptors (Lipinski definition) is 7. The molecule has 0 atom stereocenters. The van der Waals surface area contributed by atoms with Gasteiger partial charge in [-0.05, 0) is 42.5 Å². The molecule has 3 heterocycles. The van der Waals surface area contributed by atoms with Crippen molar-refractivity contribution in [2.75, 3.05) is 40.1 Å². The largest absolute Gasteiger partial charge is 0.468 e. The highest BCUT2D eigenvalue weighted by molar-refractivity contribution is 6.08. The number of carbonyl (C=O) groups excluding carboxylic acids is 3. The summed E-state index contributed by atoms with van der Waals surface area (Å²) >= 11 is 0. The number of imide groups is 1. The molecular formula is C26H29N3O6. The van der Waals surface area contributed by atoms with E-state index in [0.717, 1.165) is 27.5 Å². The zero-order valence-electron chi connectivity index (χ0n) is 19.8. The Hall–Kier alpha value is -3.59. The van der Waals surface area contributed by atoms with E-state index in [2.05, 4.69) is 4.90 Å². The molecule has 0 radical (unpaired) electrons. The highest BCUT2D eigenvalue weighted by Crippen LogP contribution is 2.38. The van der Waals surface area contributed by atoms with E-state index < -0.39 is 17.5 Å². The van der Waals surface area contributed by atoms with Gasteiger partial charge in [0.25, 0.3) is 5.91 Å². The van der Waals surface area contributed by atoms with E-state index in [1.54, 1.807) is 4.90 Å². The van der Waals surface area contributed by atoms with Crippen molar-refractivity contribution in [3.05, 3.63) is 59.7 Å². The average molecular weight is 480 g/mol. The van der Waals surface area contributed by atoms with Gasteiger partial charge in [-0.3, -0.25) is 19.4 Å². The lowest BCUT2D eigenvalue weighted by Gasteiger charge is -2.42. The average Bonchev–Trinajstić information content (AvgIpc) is 3.42. The smallest absolute Gasteiger partial charge is 0.328 e. The first-order valence-corrected chi connectivity index (χ1v) is 11.9. The van der Waals surface area contributed by atoms with Crippen LogP contribution in [0.3, 0.4) is 0 Å². The second-order valence-electron chi connectivity index (χ2n) is 9.13. The molecule has 35 heavy (non-hydrogen) atoms. The van der Waals surface area contributed by atoms with E-state index in [9.17, 15) is 14.4 Å². The number of rotatable bonds is 7. The van der Waals surface area contributed by atoms with Gasteiger partial charge in [0.2, 0.25) is 6.79 Å². The minimum atomic E-state index is -0.939. The normalized spacial score (nSPS) is 19.0. The van der Waals surface area contributed by atoms with Crippen molar-refractivity contribution >= 4 is 17.9 Å². The quantitative estimate of drug-likeness (QED) is 0.445. The minimum absolute atomic E-state index is 0.238. The van der Waals surface area contributed by atoms with Gasteiger partial charge in [0.1, 0.15) is 12.1 Å². The highest BCUT2D eigenvalue weighted by Gasteiger charge is 2.58. The summed E-state index contributed by atoms with van der Waals surface area (Å²) in [6.07, 6.45) is 1.65. The van der Waals surface area contributed by atoms with E-state index in [0.29, 0.717) is 45.4 Å². The number of fused-ring (bicyclic) bond motifs is 1. The minimum Gasteiger partial charge on any atom is -0.468 e. The van der Waals surface area contributed by atoms with Gasteiger partial charge in [0, 0.05) is 26.2 Å². The van der Waals surface area contributed by atoms with E-state index in [-0.39, 0.29) is 19.2 Å². The standard InChI is InChI=1S/C26H29N3O6/c1-33-23(30)17-28-24(31)26(29(25(28)32)12-9-19-5-3-2-4-6-19)10-13-27(14-11-26)16-20-7-8-21-22(15-20)35-18-34-21/h2-8,15H,9-14,16-18H2,1H3. The van der Waals surface area contributed by atoms with Crippen LogP contribution in [0.5, 0.6) is 11.5 Å². The van der Waals surface area contributed by atoms with Crippen molar-refractivity contribution in [2.45, 2.75) is 31.3 Å². The zero-order valence-corrected chi connectivity index (χ0v) is 19.8. The molecule has 0 N–H and O–H groups in total. The van der Waals surface area contributed by atoms with E-state index in [1.807, 2.05) is 48.5 Å². The number of urea groups is 1. The molecule has 0 unspecified atom stereocenters. The summed E-state index contributed by atoms with van der Waals surface area (Å²) in [7, 11) is 1.25. The van der Waals surface area contributed by atoms with Crippen molar-refractivity contribution < 1.29 is 28.6 Å². The summed E-state index contributed by atoms with van der Waals surface area (Å²) in [6, 6.07) is 15.4. The Morgan fingerprint density at radius 3 is 2.49 bits per heavy atom. The molecule has 5 rings (SSSR count). The van der Waals surface area contributed by atoms with Gasteiger partial charge in [-0.15, -0.1) is 0 Å². The summed E-state index contributed by atoms with van der Waals surface area (Å²) in [6.45, 7) is 2.31. The molecular weight excluding hydrogens is 450 g/mol. The Labute approximate surface area is 204 Å². The van der Waals surface area contributed by atoms with Crippen LogP contribution in [-0.4, -0.2) is 78.2 Å². The van der Waals surface area contributed by atoms with Gasteiger partial charge in [-0.1, -0.05) is 36.4 Å². The van der Waals surface area contributed by atoms with E-state index >= 15 is 0 Å². The van der Waals surface area contributed by atoms with Crippen LogP contribution >= 0.6 is 0 Å². The number of piperidine rings is 1. The van der Waals surface area contributed by atoms with E-state index in [1.165, 1.54) is 7.11 Å². The van der Waals surface area contributed by atoms with Gasteiger partial charge >= 0.3 is 12.0 Å². The Bertz CT molecular complexity index is 1110. The molecule has 0 saturated carbocycles. The molecule has 3 aliphatic rings. The monoisotopic (exact) mass is 479 g/mol. The van der Waals surface area contributed by atoms with Crippen molar-refractivity contribution in [3.63, 3.8) is 0 Å². The fourth-order valence-electron chi connectivity index (χ4n) is 5.17. The highest BCUT2D eigenvalue weighted by atomic mass is 16.7. The third-order valence-corrected chi connectivity index (χ3v) is 7.13.